The number of allylic oxidation sites excluding steroid dienone is 1. The van der Waals surface area contributed by atoms with E-state index >= 15 is 0 Å². The number of ketones is 1. The summed E-state index contributed by atoms with van der Waals surface area (Å²) in [6.07, 6.45) is 1.81. The van der Waals surface area contributed by atoms with E-state index in [2.05, 4.69) is 6.92 Å². The second-order valence-corrected chi connectivity index (χ2v) is 6.43. The molecule has 0 bridgehead atoms. The van der Waals surface area contributed by atoms with Crippen LogP contribution >= 0.6 is 11.3 Å². The Morgan fingerprint density at radius 1 is 1.31 bits per heavy atom. The third-order valence-corrected chi connectivity index (χ3v) is 4.40. The molecule has 0 amide bonds. The third kappa shape index (κ3) is 1.42. The zero-order valence-corrected chi connectivity index (χ0v) is 10.9. The number of aliphatic hydroxyl groups excluding tert-OH is 1. The van der Waals surface area contributed by atoms with Crippen molar-refractivity contribution in [3.05, 3.63) is 32.7 Å². The Morgan fingerprint density at radius 2 is 1.94 bits per heavy atom. The largest absolute Gasteiger partial charge is 0.515 e. The molecule has 1 aliphatic carbocycles. The number of hydrogen-bond donors (Lipinski definition) is 1. The Bertz CT molecular complexity index is 492. The molecule has 0 fully saturated rings. The van der Waals surface area contributed by atoms with Gasteiger partial charge >= 0.3 is 0 Å². The number of rotatable bonds is 0. The molecule has 16 heavy (non-hydrogen) atoms. The Morgan fingerprint density at radius 3 is 2.50 bits per heavy atom. The Balaban J connectivity index is 2.69. The van der Waals surface area contributed by atoms with Crippen LogP contribution < -0.4 is 0 Å². The number of carbonyl (C=O) groups excluding carboxylic acids is 1. The molecule has 1 aliphatic rings. The molecule has 1 aromatic heterocycles. The highest BCUT2D eigenvalue weighted by atomic mass is 32.1. The lowest BCUT2D eigenvalue weighted by Crippen LogP contribution is -2.30. The van der Waals surface area contributed by atoms with E-state index in [1.165, 1.54) is 10.4 Å². The van der Waals surface area contributed by atoms with Crippen molar-refractivity contribution in [1.82, 2.24) is 0 Å². The molecule has 0 aromatic carbocycles. The molecule has 3 heteroatoms. The number of thiophene rings is 1. The fourth-order valence-electron chi connectivity index (χ4n) is 2.45. The molecule has 1 N–H and O–H groups in total. The van der Waals surface area contributed by atoms with E-state index in [0.717, 1.165) is 23.1 Å². The Kier molecular flexibility index (Phi) is 2.46. The molecule has 0 saturated carbocycles. The molecule has 0 aliphatic heterocycles. The van der Waals surface area contributed by atoms with Crippen molar-refractivity contribution in [2.75, 3.05) is 0 Å². The zero-order chi connectivity index (χ0) is 12.1. The van der Waals surface area contributed by atoms with E-state index in [4.69, 9.17) is 0 Å². The summed E-state index contributed by atoms with van der Waals surface area (Å²) in [5.74, 6) is -0.00407. The summed E-state index contributed by atoms with van der Waals surface area (Å²) in [6, 6.07) is 0. The van der Waals surface area contributed by atoms with Gasteiger partial charge in [0.2, 0.25) is 0 Å². The van der Waals surface area contributed by atoms with Gasteiger partial charge in [0.05, 0.1) is 6.26 Å². The van der Waals surface area contributed by atoms with Crippen molar-refractivity contribution < 1.29 is 9.90 Å². The van der Waals surface area contributed by atoms with Gasteiger partial charge in [-0.1, -0.05) is 13.8 Å². The summed E-state index contributed by atoms with van der Waals surface area (Å²) in [6.45, 7) is 8.04. The lowest BCUT2D eigenvalue weighted by molar-refractivity contribution is 0.0990. The van der Waals surface area contributed by atoms with Gasteiger partial charge in [-0.2, -0.15) is 0 Å². The number of fused-ring (bicyclic) bond motifs is 1. The number of aliphatic hydroxyl groups is 1. The SMILES string of the molecule is Cc1sc(C)c2c1CC(C)(C)/C(=C\O)C2=O. The smallest absolute Gasteiger partial charge is 0.194 e. The zero-order valence-electron chi connectivity index (χ0n) is 10.0. The van der Waals surface area contributed by atoms with Crippen LogP contribution in [0, 0.1) is 19.3 Å². The van der Waals surface area contributed by atoms with Gasteiger partial charge in [0.1, 0.15) is 0 Å². The lowest BCUT2D eigenvalue weighted by Gasteiger charge is -2.31. The van der Waals surface area contributed by atoms with Crippen LogP contribution in [-0.4, -0.2) is 10.9 Å². The van der Waals surface area contributed by atoms with E-state index in [9.17, 15) is 9.90 Å². The summed E-state index contributed by atoms with van der Waals surface area (Å²) < 4.78 is 0. The summed E-state index contributed by atoms with van der Waals surface area (Å²) in [7, 11) is 0. The summed E-state index contributed by atoms with van der Waals surface area (Å²) in [4.78, 5) is 14.6. The summed E-state index contributed by atoms with van der Waals surface area (Å²) in [5.41, 5.74) is 2.25. The first-order valence-corrected chi connectivity index (χ1v) is 6.18. The third-order valence-electron chi connectivity index (χ3n) is 3.33. The fourth-order valence-corrected chi connectivity index (χ4v) is 3.53. The molecule has 1 heterocycles. The van der Waals surface area contributed by atoms with Crippen molar-refractivity contribution in [3.8, 4) is 0 Å². The van der Waals surface area contributed by atoms with E-state index < -0.39 is 0 Å². The summed E-state index contributed by atoms with van der Waals surface area (Å²) in [5, 5.41) is 9.24. The van der Waals surface area contributed by atoms with E-state index in [0.29, 0.717) is 5.57 Å². The first kappa shape index (κ1) is 11.4. The normalized spacial score (nSPS) is 21.2. The van der Waals surface area contributed by atoms with Gasteiger partial charge in [-0.05, 0) is 25.8 Å². The average molecular weight is 236 g/mol. The molecule has 0 atom stereocenters. The Hall–Kier alpha value is -1.09. The van der Waals surface area contributed by atoms with Crippen molar-refractivity contribution >= 4 is 17.1 Å². The molecule has 1 aromatic rings. The molecular weight excluding hydrogens is 220 g/mol. The molecule has 0 saturated heterocycles. The molecule has 0 radical (unpaired) electrons. The fraction of sp³-hybridized carbons (Fsp3) is 0.462. The maximum atomic E-state index is 12.3. The van der Waals surface area contributed by atoms with E-state index in [-0.39, 0.29) is 11.2 Å². The predicted octanol–water partition coefficient (Wildman–Crippen LogP) is 3.57. The van der Waals surface area contributed by atoms with Crippen LogP contribution in [0.1, 0.15) is 39.5 Å². The average Bonchev–Trinajstić information content (AvgIpc) is 2.41. The van der Waals surface area contributed by atoms with Gasteiger partial charge in [-0.3, -0.25) is 4.79 Å². The topological polar surface area (TPSA) is 37.3 Å². The van der Waals surface area contributed by atoms with Gasteiger partial charge < -0.3 is 5.11 Å². The lowest BCUT2D eigenvalue weighted by atomic mass is 9.70. The quantitative estimate of drug-likeness (QED) is 0.552. The van der Waals surface area contributed by atoms with Gasteiger partial charge in [-0.15, -0.1) is 11.3 Å². The molecule has 2 rings (SSSR count). The van der Waals surface area contributed by atoms with Crippen LogP contribution in [0.4, 0.5) is 0 Å². The van der Waals surface area contributed by atoms with Crippen LogP contribution in [0.3, 0.4) is 0 Å². The van der Waals surface area contributed by atoms with Crippen molar-refractivity contribution in [3.63, 3.8) is 0 Å². The van der Waals surface area contributed by atoms with Gasteiger partial charge in [0, 0.05) is 26.3 Å². The number of Topliss-reactive ketones (excluding diaryl/α,β-unsaturated/α-hetero) is 1. The predicted molar refractivity (Wildman–Crippen MR) is 66.3 cm³/mol. The minimum Gasteiger partial charge on any atom is -0.515 e. The second-order valence-electron chi connectivity index (χ2n) is 5.00. The standard InChI is InChI=1S/C13H16O2S/c1-7-9-5-13(3,4)10(6-14)12(15)11(9)8(2)16-7/h6,14H,5H2,1-4H3/b10-6-. The molecule has 0 spiro atoms. The van der Waals surface area contributed by atoms with Crippen molar-refractivity contribution in [1.29, 1.82) is 0 Å². The highest BCUT2D eigenvalue weighted by Gasteiger charge is 2.38. The highest BCUT2D eigenvalue weighted by molar-refractivity contribution is 7.12. The highest BCUT2D eigenvalue weighted by Crippen LogP contribution is 2.43. The molecule has 0 unspecified atom stereocenters. The van der Waals surface area contributed by atoms with Crippen molar-refractivity contribution in [2.24, 2.45) is 5.41 Å². The van der Waals surface area contributed by atoms with Gasteiger partial charge in [-0.25, -0.2) is 0 Å². The van der Waals surface area contributed by atoms with Crippen LogP contribution in [-0.2, 0) is 6.42 Å². The van der Waals surface area contributed by atoms with E-state index in [1.807, 2.05) is 20.8 Å². The van der Waals surface area contributed by atoms with Crippen LogP contribution in [0.15, 0.2) is 11.8 Å². The number of carbonyl (C=O) groups is 1. The number of hydrogen-bond acceptors (Lipinski definition) is 3. The monoisotopic (exact) mass is 236 g/mol. The van der Waals surface area contributed by atoms with Gasteiger partial charge in [0.25, 0.3) is 0 Å². The summed E-state index contributed by atoms with van der Waals surface area (Å²) >= 11 is 1.67. The Labute approximate surface area is 99.6 Å². The minimum absolute atomic E-state index is 0.00407. The maximum Gasteiger partial charge on any atom is 0.194 e. The number of aryl methyl sites for hydroxylation is 2. The molecule has 86 valence electrons. The molecule has 2 nitrogen and oxygen atoms in total. The van der Waals surface area contributed by atoms with Crippen LogP contribution in [0.25, 0.3) is 0 Å². The maximum absolute atomic E-state index is 12.3. The van der Waals surface area contributed by atoms with Crippen molar-refractivity contribution in [2.45, 2.75) is 34.1 Å². The van der Waals surface area contributed by atoms with Crippen LogP contribution in [0.5, 0.6) is 0 Å². The van der Waals surface area contributed by atoms with Gasteiger partial charge in [0.15, 0.2) is 5.78 Å². The minimum atomic E-state index is -0.267. The first-order chi connectivity index (χ1) is 7.38. The van der Waals surface area contributed by atoms with Crippen LogP contribution in [0.2, 0.25) is 0 Å². The first-order valence-electron chi connectivity index (χ1n) is 5.37. The molecular formula is C13H16O2S. The van der Waals surface area contributed by atoms with E-state index in [1.54, 1.807) is 11.3 Å². The second kappa shape index (κ2) is 3.45.